The molecule has 84 valence electrons. The lowest BCUT2D eigenvalue weighted by molar-refractivity contribution is -0.150. The van der Waals surface area contributed by atoms with Gasteiger partial charge in [-0.2, -0.15) is 0 Å². The van der Waals surface area contributed by atoms with Crippen LogP contribution >= 0.6 is 0 Å². The molecule has 1 saturated carbocycles. The molecular weight excluding hydrogens is 196 g/mol. The van der Waals surface area contributed by atoms with Crippen molar-refractivity contribution in [2.24, 2.45) is 23.7 Å². The van der Waals surface area contributed by atoms with Gasteiger partial charge in [0.2, 0.25) is 0 Å². The van der Waals surface area contributed by atoms with E-state index in [1.54, 1.807) is 0 Å². The first-order valence-corrected chi connectivity index (χ1v) is 5.24. The van der Waals surface area contributed by atoms with Crippen molar-refractivity contribution in [3.63, 3.8) is 0 Å². The summed E-state index contributed by atoms with van der Waals surface area (Å²) >= 11 is 0. The van der Waals surface area contributed by atoms with E-state index in [0.717, 1.165) is 6.42 Å². The Labute approximate surface area is 88.6 Å². The Balaban J connectivity index is 2.20. The number of esters is 1. The first kappa shape index (κ1) is 10.6. The minimum Gasteiger partial charge on any atom is -0.469 e. The topological polar surface area (TPSA) is 66.8 Å². The molecule has 4 heteroatoms. The lowest BCUT2D eigenvalue weighted by atomic mass is 9.79. The maximum absolute atomic E-state index is 11.6. The molecule has 0 radical (unpaired) electrons. The highest BCUT2D eigenvalue weighted by Crippen LogP contribution is 2.49. The molecule has 2 aliphatic carbocycles. The van der Waals surface area contributed by atoms with Crippen molar-refractivity contribution < 1.29 is 19.7 Å². The van der Waals surface area contributed by atoms with E-state index in [9.17, 15) is 9.90 Å². The molecule has 0 aliphatic heterocycles. The van der Waals surface area contributed by atoms with Crippen LogP contribution in [0.15, 0.2) is 12.2 Å². The van der Waals surface area contributed by atoms with Crippen LogP contribution in [0.4, 0.5) is 0 Å². The maximum Gasteiger partial charge on any atom is 0.309 e. The smallest absolute Gasteiger partial charge is 0.309 e. The molecule has 0 unspecified atom stereocenters. The predicted octanol–water partition coefficient (Wildman–Crippen LogP) is -0.0491. The fourth-order valence-corrected chi connectivity index (χ4v) is 2.97. The van der Waals surface area contributed by atoms with Crippen molar-refractivity contribution >= 4 is 5.97 Å². The van der Waals surface area contributed by atoms with Gasteiger partial charge in [-0.25, -0.2) is 0 Å². The Hall–Kier alpha value is -0.870. The fraction of sp³-hybridized carbons (Fsp3) is 0.727. The van der Waals surface area contributed by atoms with Gasteiger partial charge in [0.25, 0.3) is 0 Å². The van der Waals surface area contributed by atoms with Crippen LogP contribution in [0, 0.1) is 23.7 Å². The second kappa shape index (κ2) is 3.94. The highest BCUT2D eigenvalue weighted by atomic mass is 16.5. The number of methoxy groups -OCH3 is 1. The quantitative estimate of drug-likeness (QED) is 0.508. The van der Waals surface area contributed by atoms with Crippen molar-refractivity contribution in [3.8, 4) is 0 Å². The molecule has 0 amide bonds. The Bertz CT molecular complexity index is 286. The van der Waals surface area contributed by atoms with Crippen molar-refractivity contribution in [1.29, 1.82) is 0 Å². The van der Waals surface area contributed by atoms with Crippen LogP contribution in [0.5, 0.6) is 0 Å². The summed E-state index contributed by atoms with van der Waals surface area (Å²) in [7, 11) is 1.36. The second-order valence-corrected chi connectivity index (χ2v) is 4.32. The van der Waals surface area contributed by atoms with Crippen LogP contribution in [0.2, 0.25) is 0 Å². The van der Waals surface area contributed by atoms with Gasteiger partial charge in [-0.05, 0) is 18.3 Å². The number of aliphatic hydroxyl groups excluding tert-OH is 2. The summed E-state index contributed by atoms with van der Waals surface area (Å²) in [4.78, 5) is 11.6. The fourth-order valence-electron chi connectivity index (χ4n) is 2.97. The van der Waals surface area contributed by atoms with E-state index in [1.165, 1.54) is 7.11 Å². The first-order chi connectivity index (χ1) is 7.19. The number of carbonyl (C=O) groups excluding carboxylic acids is 1. The molecule has 2 N–H and O–H groups in total. The average molecular weight is 212 g/mol. The number of fused-ring (bicyclic) bond motifs is 2. The Morgan fingerprint density at radius 1 is 1.53 bits per heavy atom. The van der Waals surface area contributed by atoms with Gasteiger partial charge in [0.05, 0.1) is 25.7 Å². The highest BCUT2D eigenvalue weighted by Gasteiger charge is 2.51. The normalized spacial score (nSPS) is 39.4. The van der Waals surface area contributed by atoms with Gasteiger partial charge in [-0.3, -0.25) is 4.79 Å². The molecule has 0 aromatic rings. The van der Waals surface area contributed by atoms with E-state index in [2.05, 4.69) is 0 Å². The van der Waals surface area contributed by atoms with Gasteiger partial charge in [0.1, 0.15) is 0 Å². The maximum atomic E-state index is 11.6. The SMILES string of the molecule is COC(=O)[C@@H]1[C@@H]([C@H](O)CO)[C@H]2C=C[C@@H]1C2. The molecule has 0 spiro atoms. The zero-order valence-electron chi connectivity index (χ0n) is 8.67. The lowest BCUT2D eigenvalue weighted by Crippen LogP contribution is -2.38. The van der Waals surface area contributed by atoms with Crippen LogP contribution in [-0.2, 0) is 9.53 Å². The summed E-state index contributed by atoms with van der Waals surface area (Å²) in [6.45, 7) is -0.296. The molecule has 0 aromatic heterocycles. The third-order valence-electron chi connectivity index (χ3n) is 3.62. The molecule has 0 aromatic carbocycles. The summed E-state index contributed by atoms with van der Waals surface area (Å²) < 4.78 is 4.75. The highest BCUT2D eigenvalue weighted by molar-refractivity contribution is 5.74. The minimum absolute atomic E-state index is 0.175. The third kappa shape index (κ3) is 1.58. The summed E-state index contributed by atoms with van der Waals surface area (Å²) in [6, 6.07) is 0. The summed E-state index contributed by atoms with van der Waals surface area (Å²) in [6.07, 6.45) is 4.12. The molecule has 15 heavy (non-hydrogen) atoms. The van der Waals surface area contributed by atoms with Gasteiger partial charge in [0, 0.05) is 5.92 Å². The number of hydrogen-bond acceptors (Lipinski definition) is 4. The summed E-state index contributed by atoms with van der Waals surface area (Å²) in [5, 5.41) is 18.7. The molecule has 2 aliphatic rings. The van der Waals surface area contributed by atoms with Crippen molar-refractivity contribution in [3.05, 3.63) is 12.2 Å². The molecule has 2 bridgehead atoms. The molecule has 5 atom stereocenters. The summed E-state index contributed by atoms with van der Waals surface area (Å²) in [5.41, 5.74) is 0. The number of aliphatic hydroxyl groups is 2. The van der Waals surface area contributed by atoms with E-state index in [4.69, 9.17) is 9.84 Å². The second-order valence-electron chi connectivity index (χ2n) is 4.32. The van der Waals surface area contributed by atoms with Crippen LogP contribution in [-0.4, -0.2) is 36.0 Å². The van der Waals surface area contributed by atoms with E-state index in [-0.39, 0.29) is 36.2 Å². The number of ether oxygens (including phenoxy) is 1. The molecular formula is C11H16O4. The van der Waals surface area contributed by atoms with Crippen molar-refractivity contribution in [2.45, 2.75) is 12.5 Å². The van der Waals surface area contributed by atoms with E-state index in [1.807, 2.05) is 12.2 Å². The van der Waals surface area contributed by atoms with E-state index < -0.39 is 6.10 Å². The average Bonchev–Trinajstić information content (AvgIpc) is 2.86. The van der Waals surface area contributed by atoms with Gasteiger partial charge in [-0.1, -0.05) is 12.2 Å². The Morgan fingerprint density at radius 2 is 2.20 bits per heavy atom. The zero-order chi connectivity index (χ0) is 11.0. The van der Waals surface area contributed by atoms with Crippen LogP contribution in [0.3, 0.4) is 0 Å². The minimum atomic E-state index is -0.825. The first-order valence-electron chi connectivity index (χ1n) is 5.24. The number of hydrogen-bond donors (Lipinski definition) is 2. The standard InChI is InChI=1S/C11H16O4/c1-15-11(14)10-7-3-2-6(4-7)9(10)8(13)5-12/h2-3,6-10,12-13H,4-5H2,1H3/t6-,7+,8+,9+,10-/m0/s1. The molecule has 1 fully saturated rings. The summed E-state index contributed by atoms with van der Waals surface area (Å²) in [5.74, 6) is -0.358. The molecule has 2 rings (SSSR count). The third-order valence-corrected chi connectivity index (χ3v) is 3.62. The van der Waals surface area contributed by atoms with Gasteiger partial charge in [-0.15, -0.1) is 0 Å². The van der Waals surface area contributed by atoms with Crippen LogP contribution in [0.25, 0.3) is 0 Å². The monoisotopic (exact) mass is 212 g/mol. The molecule has 4 nitrogen and oxygen atoms in total. The van der Waals surface area contributed by atoms with Gasteiger partial charge >= 0.3 is 5.97 Å². The Morgan fingerprint density at radius 3 is 2.80 bits per heavy atom. The number of allylic oxidation sites excluding steroid dienone is 2. The number of carbonyl (C=O) groups is 1. The van der Waals surface area contributed by atoms with Crippen LogP contribution < -0.4 is 0 Å². The van der Waals surface area contributed by atoms with Crippen molar-refractivity contribution in [1.82, 2.24) is 0 Å². The Kier molecular flexibility index (Phi) is 2.80. The van der Waals surface area contributed by atoms with Crippen molar-refractivity contribution in [2.75, 3.05) is 13.7 Å². The predicted molar refractivity (Wildman–Crippen MR) is 52.8 cm³/mol. The molecule has 0 heterocycles. The number of rotatable bonds is 3. The lowest BCUT2D eigenvalue weighted by Gasteiger charge is -2.28. The van der Waals surface area contributed by atoms with E-state index >= 15 is 0 Å². The zero-order valence-corrected chi connectivity index (χ0v) is 8.67. The van der Waals surface area contributed by atoms with Gasteiger partial charge < -0.3 is 14.9 Å². The van der Waals surface area contributed by atoms with E-state index in [0.29, 0.717) is 0 Å². The van der Waals surface area contributed by atoms with Gasteiger partial charge in [0.15, 0.2) is 0 Å². The molecule has 0 saturated heterocycles. The van der Waals surface area contributed by atoms with Crippen LogP contribution in [0.1, 0.15) is 6.42 Å². The largest absolute Gasteiger partial charge is 0.469 e.